The number of ether oxygens (including phenoxy) is 1. The van der Waals surface area contributed by atoms with E-state index in [1.807, 2.05) is 0 Å². The van der Waals surface area contributed by atoms with E-state index in [4.69, 9.17) is 4.74 Å². The van der Waals surface area contributed by atoms with Crippen LogP contribution < -0.4 is 5.32 Å². The summed E-state index contributed by atoms with van der Waals surface area (Å²) in [6, 6.07) is 10.7. The molecule has 0 spiro atoms. The Kier molecular flexibility index (Phi) is 4.70. The number of nitrogens with one attached hydrogen (secondary N) is 1. The van der Waals surface area contributed by atoms with Gasteiger partial charge in [-0.05, 0) is 54.5 Å². The Bertz CT molecular complexity index is 807. The number of benzene rings is 2. The molecule has 4 heteroatoms. The van der Waals surface area contributed by atoms with Crippen LogP contribution in [0.1, 0.15) is 67.9 Å². The van der Waals surface area contributed by atoms with Gasteiger partial charge in [-0.2, -0.15) is 0 Å². The maximum absolute atomic E-state index is 13.8. The lowest BCUT2D eigenvalue weighted by atomic mass is 9.76. The first-order valence-electron chi connectivity index (χ1n) is 9.55. The second kappa shape index (κ2) is 6.99. The van der Waals surface area contributed by atoms with Gasteiger partial charge in [0, 0.05) is 23.8 Å². The van der Waals surface area contributed by atoms with Crippen LogP contribution in [0, 0.1) is 17.6 Å². The second-order valence-corrected chi connectivity index (χ2v) is 7.55. The Morgan fingerprint density at radius 1 is 1.15 bits per heavy atom. The van der Waals surface area contributed by atoms with Crippen LogP contribution in [0.3, 0.4) is 0 Å². The van der Waals surface area contributed by atoms with Crippen LogP contribution in [-0.4, -0.2) is 6.61 Å². The molecule has 1 saturated heterocycles. The third kappa shape index (κ3) is 3.01. The third-order valence-corrected chi connectivity index (χ3v) is 5.97. The van der Waals surface area contributed by atoms with Gasteiger partial charge >= 0.3 is 0 Å². The van der Waals surface area contributed by atoms with Gasteiger partial charge in [-0.1, -0.05) is 32.0 Å². The Labute approximate surface area is 153 Å². The van der Waals surface area contributed by atoms with Crippen LogP contribution in [0.5, 0.6) is 0 Å². The van der Waals surface area contributed by atoms with Crippen LogP contribution in [-0.2, 0) is 4.74 Å². The molecule has 2 nitrogen and oxygen atoms in total. The third-order valence-electron chi connectivity index (χ3n) is 5.97. The number of hydrogen-bond acceptors (Lipinski definition) is 2. The van der Waals surface area contributed by atoms with Gasteiger partial charge in [-0.3, -0.25) is 0 Å². The predicted molar refractivity (Wildman–Crippen MR) is 99.3 cm³/mol. The van der Waals surface area contributed by atoms with E-state index in [0.717, 1.165) is 37.1 Å². The molecular weight excluding hydrogens is 332 g/mol. The first-order valence-corrected chi connectivity index (χ1v) is 9.55. The number of anilines is 1. The van der Waals surface area contributed by atoms with Crippen molar-refractivity contribution in [2.75, 3.05) is 11.9 Å². The molecule has 138 valence electrons. The molecule has 0 aliphatic carbocycles. The highest BCUT2D eigenvalue weighted by molar-refractivity contribution is 5.58. The van der Waals surface area contributed by atoms with Crippen LogP contribution in [0.4, 0.5) is 14.5 Å². The standard InChI is InChI=1S/C22H25F2NO/c1-3-13(2)14-7-9-20-17(11-14)22-16(5-4-10-26-22)21(25-20)15-6-8-18(23)19(24)12-15/h6-9,11-13,16,21-22,25H,3-5,10H2,1-2H3. The molecule has 1 fully saturated rings. The van der Waals surface area contributed by atoms with Crippen LogP contribution in [0.15, 0.2) is 36.4 Å². The van der Waals surface area contributed by atoms with Crippen molar-refractivity contribution in [1.29, 1.82) is 0 Å². The molecule has 0 radical (unpaired) electrons. The normalized spacial score (nSPS) is 25.8. The molecular formula is C22H25F2NO. The summed E-state index contributed by atoms with van der Waals surface area (Å²) in [5.41, 5.74) is 4.34. The summed E-state index contributed by atoms with van der Waals surface area (Å²) in [6.45, 7) is 5.18. The summed E-state index contributed by atoms with van der Waals surface area (Å²) in [4.78, 5) is 0. The average molecular weight is 357 g/mol. The van der Waals surface area contributed by atoms with Crippen molar-refractivity contribution in [1.82, 2.24) is 0 Å². The summed E-state index contributed by atoms with van der Waals surface area (Å²) in [7, 11) is 0. The molecule has 0 amide bonds. The van der Waals surface area contributed by atoms with Crippen LogP contribution in [0.25, 0.3) is 0 Å². The SMILES string of the molecule is CCC(C)c1ccc2c(c1)C1OCCCC1C(c1ccc(F)c(F)c1)N2. The number of fused-ring (bicyclic) bond motifs is 3. The molecule has 2 aliphatic heterocycles. The average Bonchev–Trinajstić information content (AvgIpc) is 2.68. The van der Waals surface area contributed by atoms with Crippen LogP contribution >= 0.6 is 0 Å². The Balaban J connectivity index is 1.75. The topological polar surface area (TPSA) is 21.3 Å². The van der Waals surface area contributed by atoms with E-state index in [2.05, 4.69) is 37.4 Å². The van der Waals surface area contributed by atoms with Gasteiger partial charge in [0.15, 0.2) is 11.6 Å². The molecule has 2 aromatic rings. The molecule has 2 heterocycles. The minimum atomic E-state index is -0.806. The molecule has 26 heavy (non-hydrogen) atoms. The van der Waals surface area contributed by atoms with Gasteiger partial charge in [0.05, 0.1) is 12.1 Å². The highest BCUT2D eigenvalue weighted by Crippen LogP contribution is 2.49. The highest BCUT2D eigenvalue weighted by Gasteiger charge is 2.40. The van der Waals surface area contributed by atoms with Gasteiger partial charge < -0.3 is 10.1 Å². The van der Waals surface area contributed by atoms with Gasteiger partial charge in [-0.25, -0.2) is 8.78 Å². The summed E-state index contributed by atoms with van der Waals surface area (Å²) < 4.78 is 33.3. The number of halogens is 2. The maximum Gasteiger partial charge on any atom is 0.159 e. The monoisotopic (exact) mass is 357 g/mol. The fraction of sp³-hybridized carbons (Fsp3) is 0.455. The smallest absolute Gasteiger partial charge is 0.159 e. The van der Waals surface area contributed by atoms with Crippen molar-refractivity contribution in [3.63, 3.8) is 0 Å². The fourth-order valence-corrected chi connectivity index (χ4v) is 4.27. The Hall–Kier alpha value is -1.94. The second-order valence-electron chi connectivity index (χ2n) is 7.55. The van der Waals surface area contributed by atoms with Crippen LogP contribution in [0.2, 0.25) is 0 Å². The Morgan fingerprint density at radius 3 is 2.77 bits per heavy atom. The molecule has 4 unspecified atom stereocenters. The molecule has 0 saturated carbocycles. The minimum absolute atomic E-state index is 0.00196. The molecule has 4 rings (SSSR count). The van der Waals surface area contributed by atoms with E-state index >= 15 is 0 Å². The van der Waals surface area contributed by atoms with E-state index in [-0.39, 0.29) is 18.1 Å². The Morgan fingerprint density at radius 2 is 2.00 bits per heavy atom. The number of rotatable bonds is 3. The zero-order chi connectivity index (χ0) is 18.3. The predicted octanol–water partition coefficient (Wildman–Crippen LogP) is 6.11. The zero-order valence-electron chi connectivity index (χ0n) is 15.3. The summed E-state index contributed by atoms with van der Waals surface area (Å²) >= 11 is 0. The summed E-state index contributed by atoms with van der Waals surface area (Å²) in [5.74, 6) is -0.880. The van der Waals surface area contributed by atoms with E-state index in [1.165, 1.54) is 23.3 Å². The molecule has 2 aliphatic rings. The lowest BCUT2D eigenvalue weighted by Gasteiger charge is -2.43. The molecule has 4 atom stereocenters. The van der Waals surface area contributed by atoms with Crippen molar-refractivity contribution >= 4 is 5.69 Å². The molecule has 1 N–H and O–H groups in total. The van der Waals surface area contributed by atoms with E-state index in [9.17, 15) is 8.78 Å². The lowest BCUT2D eigenvalue weighted by molar-refractivity contribution is -0.0382. The van der Waals surface area contributed by atoms with Crippen molar-refractivity contribution in [3.8, 4) is 0 Å². The first-order chi connectivity index (χ1) is 12.6. The quantitative estimate of drug-likeness (QED) is 0.715. The minimum Gasteiger partial charge on any atom is -0.378 e. The highest BCUT2D eigenvalue weighted by atomic mass is 19.2. The first kappa shape index (κ1) is 17.5. The van der Waals surface area contributed by atoms with Gasteiger partial charge in [0.2, 0.25) is 0 Å². The van der Waals surface area contributed by atoms with Crippen molar-refractivity contribution in [2.45, 2.75) is 51.2 Å². The van der Waals surface area contributed by atoms with Crippen molar-refractivity contribution in [2.24, 2.45) is 5.92 Å². The van der Waals surface area contributed by atoms with Crippen molar-refractivity contribution in [3.05, 3.63) is 64.7 Å². The molecule has 2 aromatic carbocycles. The van der Waals surface area contributed by atoms with Gasteiger partial charge in [0.1, 0.15) is 0 Å². The van der Waals surface area contributed by atoms with Crippen molar-refractivity contribution < 1.29 is 13.5 Å². The summed E-state index contributed by atoms with van der Waals surface area (Å²) in [6.07, 6.45) is 3.10. The van der Waals surface area contributed by atoms with Gasteiger partial charge in [0.25, 0.3) is 0 Å². The maximum atomic E-state index is 13.8. The van der Waals surface area contributed by atoms with E-state index in [1.54, 1.807) is 6.07 Å². The zero-order valence-corrected chi connectivity index (χ0v) is 15.3. The summed E-state index contributed by atoms with van der Waals surface area (Å²) in [5, 5.41) is 3.57. The fourth-order valence-electron chi connectivity index (χ4n) is 4.27. The molecule has 0 bridgehead atoms. The largest absolute Gasteiger partial charge is 0.378 e. The van der Waals surface area contributed by atoms with E-state index < -0.39 is 11.6 Å². The lowest BCUT2D eigenvalue weighted by Crippen LogP contribution is -2.36. The number of hydrogen-bond donors (Lipinski definition) is 1. The van der Waals surface area contributed by atoms with E-state index in [0.29, 0.717) is 5.92 Å². The van der Waals surface area contributed by atoms with Gasteiger partial charge in [-0.15, -0.1) is 0 Å². The molecule has 0 aromatic heterocycles.